The van der Waals surface area contributed by atoms with Crippen molar-refractivity contribution in [1.82, 2.24) is 0 Å². The van der Waals surface area contributed by atoms with Gasteiger partial charge in [-0.1, -0.05) is 12.1 Å². The molecule has 0 amide bonds. The first-order valence-corrected chi connectivity index (χ1v) is 5.73. The molecule has 17 heavy (non-hydrogen) atoms. The summed E-state index contributed by atoms with van der Waals surface area (Å²) >= 11 is 0. The minimum atomic E-state index is -0.536. The molecule has 5 heteroatoms. The number of rotatable bonds is 2. The Balaban J connectivity index is 2.27. The number of nitro groups is 1. The number of nitrogens with zero attached hydrogens (tertiary/aromatic N) is 1. The van der Waals surface area contributed by atoms with Crippen molar-refractivity contribution in [2.45, 2.75) is 37.3 Å². The van der Waals surface area contributed by atoms with E-state index in [2.05, 4.69) is 0 Å². The molecule has 0 radical (unpaired) electrons. The standard InChI is InChI=1S/C12H16N2O3/c13-12(6-4-11(15)5-7-12)9-2-1-3-10(8-9)14(16)17/h1-3,8,11,15H,4-7,13H2. The molecule has 2 rings (SSSR count). The molecule has 5 nitrogen and oxygen atoms in total. The van der Waals surface area contributed by atoms with Gasteiger partial charge >= 0.3 is 0 Å². The number of non-ortho nitro benzene ring substituents is 1. The first-order valence-electron chi connectivity index (χ1n) is 5.73. The summed E-state index contributed by atoms with van der Waals surface area (Å²) in [7, 11) is 0. The Bertz CT molecular complexity index is 426. The van der Waals surface area contributed by atoms with Gasteiger partial charge in [0.05, 0.1) is 11.0 Å². The Hall–Kier alpha value is -1.46. The molecule has 1 saturated carbocycles. The number of benzene rings is 1. The highest BCUT2D eigenvalue weighted by Gasteiger charge is 2.33. The lowest BCUT2D eigenvalue weighted by atomic mass is 9.76. The van der Waals surface area contributed by atoms with E-state index in [1.165, 1.54) is 12.1 Å². The largest absolute Gasteiger partial charge is 0.393 e. The van der Waals surface area contributed by atoms with Crippen molar-refractivity contribution in [3.05, 3.63) is 39.9 Å². The SMILES string of the molecule is NC1(c2cccc([N+](=O)[O-])c2)CCC(O)CC1. The van der Waals surface area contributed by atoms with E-state index in [-0.39, 0.29) is 11.8 Å². The molecule has 1 aliphatic rings. The third-order valence-electron chi connectivity index (χ3n) is 3.48. The van der Waals surface area contributed by atoms with Crippen molar-refractivity contribution in [3.8, 4) is 0 Å². The maximum atomic E-state index is 10.7. The number of aliphatic hydroxyl groups excluding tert-OH is 1. The topological polar surface area (TPSA) is 89.4 Å². The van der Waals surface area contributed by atoms with Crippen molar-refractivity contribution in [2.75, 3.05) is 0 Å². The fraction of sp³-hybridized carbons (Fsp3) is 0.500. The maximum Gasteiger partial charge on any atom is 0.269 e. The zero-order chi connectivity index (χ0) is 12.5. The molecular formula is C12H16N2O3. The van der Waals surface area contributed by atoms with Gasteiger partial charge in [0.25, 0.3) is 5.69 Å². The number of hydrogen-bond donors (Lipinski definition) is 2. The quantitative estimate of drug-likeness (QED) is 0.604. The maximum absolute atomic E-state index is 10.7. The lowest BCUT2D eigenvalue weighted by Crippen LogP contribution is -2.41. The first-order chi connectivity index (χ1) is 8.01. The van der Waals surface area contributed by atoms with Gasteiger partial charge in [0, 0.05) is 17.7 Å². The monoisotopic (exact) mass is 236 g/mol. The number of nitro benzene ring substituents is 1. The van der Waals surface area contributed by atoms with Crippen molar-refractivity contribution >= 4 is 5.69 Å². The second-order valence-electron chi connectivity index (χ2n) is 4.69. The van der Waals surface area contributed by atoms with Gasteiger partial charge in [0.15, 0.2) is 0 Å². The molecule has 0 heterocycles. The second kappa shape index (κ2) is 4.43. The summed E-state index contributed by atoms with van der Waals surface area (Å²) in [6.07, 6.45) is 2.34. The molecule has 1 fully saturated rings. The normalized spacial score (nSPS) is 28.9. The van der Waals surface area contributed by atoms with Crippen LogP contribution in [0, 0.1) is 10.1 Å². The molecule has 0 bridgehead atoms. The molecular weight excluding hydrogens is 220 g/mol. The highest BCUT2D eigenvalue weighted by molar-refractivity contribution is 5.38. The van der Waals surface area contributed by atoms with Crippen LogP contribution in [0.25, 0.3) is 0 Å². The predicted octanol–water partition coefficient (Wildman–Crippen LogP) is 1.68. The lowest BCUT2D eigenvalue weighted by molar-refractivity contribution is -0.385. The molecule has 1 aliphatic carbocycles. The van der Waals surface area contributed by atoms with E-state index in [9.17, 15) is 15.2 Å². The first kappa shape index (κ1) is 12.0. The van der Waals surface area contributed by atoms with E-state index >= 15 is 0 Å². The van der Waals surface area contributed by atoms with Gasteiger partial charge in [0.1, 0.15) is 0 Å². The summed E-state index contributed by atoms with van der Waals surface area (Å²) in [4.78, 5) is 10.3. The Morgan fingerprint density at radius 1 is 1.41 bits per heavy atom. The minimum Gasteiger partial charge on any atom is -0.393 e. The summed E-state index contributed by atoms with van der Waals surface area (Å²) < 4.78 is 0. The second-order valence-corrected chi connectivity index (χ2v) is 4.69. The van der Waals surface area contributed by atoms with Gasteiger partial charge in [-0.2, -0.15) is 0 Å². The van der Waals surface area contributed by atoms with Gasteiger partial charge in [-0.15, -0.1) is 0 Å². The van der Waals surface area contributed by atoms with Crippen LogP contribution in [0.5, 0.6) is 0 Å². The van der Waals surface area contributed by atoms with E-state index in [1.54, 1.807) is 6.07 Å². The van der Waals surface area contributed by atoms with Crippen LogP contribution in [0.3, 0.4) is 0 Å². The lowest BCUT2D eigenvalue weighted by Gasteiger charge is -2.35. The van der Waals surface area contributed by atoms with Crippen LogP contribution >= 0.6 is 0 Å². The number of aliphatic hydroxyl groups is 1. The van der Waals surface area contributed by atoms with Crippen LogP contribution in [0.1, 0.15) is 31.2 Å². The molecule has 0 spiro atoms. The van der Waals surface area contributed by atoms with Gasteiger partial charge in [-0.05, 0) is 31.2 Å². The minimum absolute atomic E-state index is 0.0680. The van der Waals surface area contributed by atoms with Crippen molar-refractivity contribution < 1.29 is 10.0 Å². The van der Waals surface area contributed by atoms with E-state index in [1.807, 2.05) is 6.07 Å². The van der Waals surface area contributed by atoms with Gasteiger partial charge in [-0.3, -0.25) is 10.1 Å². The Morgan fingerprint density at radius 2 is 2.06 bits per heavy atom. The van der Waals surface area contributed by atoms with Crippen LogP contribution in [0.4, 0.5) is 5.69 Å². The highest BCUT2D eigenvalue weighted by atomic mass is 16.6. The van der Waals surface area contributed by atoms with Crippen LogP contribution in [0.2, 0.25) is 0 Å². The molecule has 0 unspecified atom stereocenters. The molecule has 0 aromatic heterocycles. The molecule has 1 aromatic carbocycles. The highest BCUT2D eigenvalue weighted by Crippen LogP contribution is 2.35. The van der Waals surface area contributed by atoms with Crippen LogP contribution < -0.4 is 5.73 Å². The zero-order valence-electron chi connectivity index (χ0n) is 9.50. The van der Waals surface area contributed by atoms with E-state index < -0.39 is 10.5 Å². The van der Waals surface area contributed by atoms with E-state index in [0.29, 0.717) is 25.7 Å². The Morgan fingerprint density at radius 3 is 2.65 bits per heavy atom. The summed E-state index contributed by atoms with van der Waals surface area (Å²) in [6.45, 7) is 0. The summed E-state index contributed by atoms with van der Waals surface area (Å²) in [5, 5.41) is 20.2. The molecule has 0 aliphatic heterocycles. The zero-order valence-corrected chi connectivity index (χ0v) is 9.50. The molecule has 92 valence electrons. The fourth-order valence-corrected chi connectivity index (χ4v) is 2.34. The number of nitrogens with two attached hydrogens (primary N) is 1. The third kappa shape index (κ3) is 2.45. The van der Waals surface area contributed by atoms with Crippen molar-refractivity contribution in [3.63, 3.8) is 0 Å². The smallest absolute Gasteiger partial charge is 0.269 e. The molecule has 0 atom stereocenters. The average Bonchev–Trinajstić information content (AvgIpc) is 2.33. The van der Waals surface area contributed by atoms with Crippen molar-refractivity contribution in [2.24, 2.45) is 5.73 Å². The van der Waals surface area contributed by atoms with E-state index in [0.717, 1.165) is 5.56 Å². The third-order valence-corrected chi connectivity index (χ3v) is 3.48. The van der Waals surface area contributed by atoms with Gasteiger partial charge in [0.2, 0.25) is 0 Å². The summed E-state index contributed by atoms with van der Waals surface area (Å²) in [6, 6.07) is 6.49. The van der Waals surface area contributed by atoms with Crippen LogP contribution in [-0.2, 0) is 5.54 Å². The van der Waals surface area contributed by atoms with Crippen LogP contribution in [-0.4, -0.2) is 16.1 Å². The fourth-order valence-electron chi connectivity index (χ4n) is 2.34. The molecule has 1 aromatic rings. The van der Waals surface area contributed by atoms with Gasteiger partial charge < -0.3 is 10.8 Å². The summed E-state index contributed by atoms with van der Waals surface area (Å²) in [5.74, 6) is 0. The van der Waals surface area contributed by atoms with Crippen molar-refractivity contribution in [1.29, 1.82) is 0 Å². The van der Waals surface area contributed by atoms with Gasteiger partial charge in [-0.25, -0.2) is 0 Å². The average molecular weight is 236 g/mol. The van der Waals surface area contributed by atoms with Crippen LogP contribution in [0.15, 0.2) is 24.3 Å². The van der Waals surface area contributed by atoms with E-state index in [4.69, 9.17) is 5.73 Å². The Kier molecular flexibility index (Phi) is 3.13. The predicted molar refractivity (Wildman–Crippen MR) is 63.4 cm³/mol. The Labute approximate surface area is 99.4 Å². The summed E-state index contributed by atoms with van der Waals surface area (Å²) in [5.41, 5.74) is 6.60. The molecule has 0 saturated heterocycles. The molecule has 3 N–H and O–H groups in total. The number of hydrogen-bond acceptors (Lipinski definition) is 4.